The fraction of sp³-hybridized carbons (Fsp3) is 0.714. The Bertz CT molecular complexity index is 413. The molecule has 0 bridgehead atoms. The van der Waals surface area contributed by atoms with Crippen molar-refractivity contribution < 1.29 is 9.90 Å². The summed E-state index contributed by atoms with van der Waals surface area (Å²) in [6, 6.07) is 0. The van der Waals surface area contributed by atoms with Gasteiger partial charge in [-0.2, -0.15) is 0 Å². The molecule has 19 heavy (non-hydrogen) atoms. The largest absolute Gasteiger partial charge is 0.481 e. The molecule has 0 aromatic carbocycles. The van der Waals surface area contributed by atoms with Gasteiger partial charge >= 0.3 is 5.97 Å². The van der Waals surface area contributed by atoms with Gasteiger partial charge in [-0.15, -0.1) is 11.3 Å². The molecule has 0 saturated heterocycles. The van der Waals surface area contributed by atoms with Crippen molar-refractivity contribution in [2.45, 2.75) is 51.0 Å². The Morgan fingerprint density at radius 1 is 1.47 bits per heavy atom. The molecular weight excluding hydrogens is 260 g/mol. The summed E-state index contributed by atoms with van der Waals surface area (Å²) in [5, 5.41) is 12.1. The van der Waals surface area contributed by atoms with E-state index in [0.29, 0.717) is 12.5 Å². The van der Waals surface area contributed by atoms with Crippen LogP contribution in [0.5, 0.6) is 0 Å². The highest BCUT2D eigenvalue weighted by molar-refractivity contribution is 7.09. The number of aromatic nitrogens is 1. The number of hydrogen-bond donors (Lipinski definition) is 1. The smallest absolute Gasteiger partial charge is 0.304 e. The number of carbonyl (C=O) groups is 1. The van der Waals surface area contributed by atoms with E-state index in [-0.39, 0.29) is 6.42 Å². The summed E-state index contributed by atoms with van der Waals surface area (Å²) in [4.78, 5) is 17.3. The number of carboxylic acid groups (broad SMARTS) is 1. The van der Waals surface area contributed by atoms with E-state index in [4.69, 9.17) is 10.1 Å². The summed E-state index contributed by atoms with van der Waals surface area (Å²) < 4.78 is 0. The number of thiazole rings is 1. The predicted molar refractivity (Wildman–Crippen MR) is 76.5 cm³/mol. The maximum absolute atomic E-state index is 10.5. The molecule has 1 aromatic heterocycles. The van der Waals surface area contributed by atoms with Crippen LogP contribution in [0, 0.1) is 0 Å². The zero-order valence-electron chi connectivity index (χ0n) is 11.5. The molecule has 4 nitrogen and oxygen atoms in total. The first-order valence-corrected chi connectivity index (χ1v) is 7.88. The van der Waals surface area contributed by atoms with Crippen LogP contribution in [0.1, 0.15) is 55.1 Å². The zero-order chi connectivity index (χ0) is 13.7. The first kappa shape index (κ1) is 14.5. The van der Waals surface area contributed by atoms with Crippen LogP contribution in [-0.2, 0) is 11.3 Å². The van der Waals surface area contributed by atoms with Crippen LogP contribution < -0.4 is 0 Å². The fourth-order valence-electron chi connectivity index (χ4n) is 2.57. The average Bonchev–Trinajstić information content (AvgIpc) is 2.86. The first-order chi connectivity index (χ1) is 9.15. The van der Waals surface area contributed by atoms with E-state index in [1.165, 1.54) is 37.1 Å². The van der Waals surface area contributed by atoms with E-state index in [2.05, 4.69) is 5.38 Å². The van der Waals surface area contributed by atoms with Gasteiger partial charge in [0.1, 0.15) is 0 Å². The van der Waals surface area contributed by atoms with Crippen molar-refractivity contribution >= 4 is 17.3 Å². The summed E-state index contributed by atoms with van der Waals surface area (Å²) >= 11 is 1.77. The van der Waals surface area contributed by atoms with Crippen molar-refractivity contribution in [3.05, 3.63) is 16.1 Å². The Morgan fingerprint density at radius 3 is 2.89 bits per heavy atom. The van der Waals surface area contributed by atoms with Crippen molar-refractivity contribution in [2.75, 3.05) is 13.6 Å². The number of nitrogens with zero attached hydrogens (tertiary/aromatic N) is 2. The van der Waals surface area contributed by atoms with Crippen molar-refractivity contribution in [1.82, 2.24) is 9.88 Å². The summed E-state index contributed by atoms with van der Waals surface area (Å²) in [5.41, 5.74) is 1.08. The molecule has 1 aromatic rings. The first-order valence-electron chi connectivity index (χ1n) is 7.00. The minimum atomic E-state index is -0.743. The van der Waals surface area contributed by atoms with E-state index in [0.717, 1.165) is 12.2 Å². The molecule has 1 aliphatic rings. The summed E-state index contributed by atoms with van der Waals surface area (Å²) in [7, 11) is 1.95. The maximum Gasteiger partial charge on any atom is 0.304 e. The summed E-state index contributed by atoms with van der Waals surface area (Å²) in [6.45, 7) is 1.32. The van der Waals surface area contributed by atoms with Gasteiger partial charge in [-0.25, -0.2) is 4.98 Å². The lowest BCUT2D eigenvalue weighted by Gasteiger charge is -2.19. The Balaban J connectivity index is 1.84. The van der Waals surface area contributed by atoms with E-state index < -0.39 is 5.97 Å². The van der Waals surface area contributed by atoms with Gasteiger partial charge in [0, 0.05) is 24.4 Å². The molecule has 1 aliphatic carbocycles. The third-order valence-electron chi connectivity index (χ3n) is 3.66. The summed E-state index contributed by atoms with van der Waals surface area (Å²) in [6.07, 6.45) is 6.78. The minimum Gasteiger partial charge on any atom is -0.481 e. The Morgan fingerprint density at radius 2 is 2.21 bits per heavy atom. The Hall–Kier alpha value is -0.940. The minimum absolute atomic E-state index is 0.191. The Kier molecular flexibility index (Phi) is 5.34. The van der Waals surface area contributed by atoms with Gasteiger partial charge in [-0.1, -0.05) is 19.3 Å². The molecule has 5 heteroatoms. The average molecular weight is 282 g/mol. The Labute approximate surface area is 118 Å². The van der Waals surface area contributed by atoms with E-state index in [1.807, 2.05) is 11.9 Å². The number of rotatable bonds is 6. The monoisotopic (exact) mass is 282 g/mol. The van der Waals surface area contributed by atoms with Crippen LogP contribution in [-0.4, -0.2) is 34.6 Å². The van der Waals surface area contributed by atoms with Gasteiger partial charge in [0.05, 0.1) is 17.1 Å². The molecule has 1 fully saturated rings. The van der Waals surface area contributed by atoms with Crippen LogP contribution in [0.4, 0.5) is 0 Å². The number of carboxylic acids is 1. The maximum atomic E-state index is 10.5. The van der Waals surface area contributed by atoms with Crippen molar-refractivity contribution in [3.8, 4) is 0 Å². The lowest BCUT2D eigenvalue weighted by atomic mass is 9.90. The molecule has 1 N–H and O–H groups in total. The summed E-state index contributed by atoms with van der Waals surface area (Å²) in [5.74, 6) is -0.0788. The molecule has 1 saturated carbocycles. The van der Waals surface area contributed by atoms with Crippen LogP contribution in [0.25, 0.3) is 0 Å². The van der Waals surface area contributed by atoms with Crippen molar-refractivity contribution in [2.24, 2.45) is 0 Å². The normalized spacial score (nSPS) is 16.9. The molecule has 0 radical (unpaired) electrons. The number of hydrogen-bond acceptors (Lipinski definition) is 4. The van der Waals surface area contributed by atoms with Crippen LogP contribution in [0.2, 0.25) is 0 Å². The highest BCUT2D eigenvalue weighted by Gasteiger charge is 2.18. The lowest BCUT2D eigenvalue weighted by molar-refractivity contribution is -0.137. The molecule has 0 aliphatic heterocycles. The van der Waals surface area contributed by atoms with Gasteiger partial charge in [-0.05, 0) is 19.9 Å². The standard InChI is InChI=1S/C14H22N2O2S/c1-16(8-7-13(17)18)9-12-10-19-14(15-12)11-5-3-2-4-6-11/h10-11H,2-9H2,1H3,(H,17,18). The third-order valence-corrected chi connectivity index (χ3v) is 4.72. The van der Waals surface area contributed by atoms with E-state index in [9.17, 15) is 4.79 Å². The van der Waals surface area contributed by atoms with Crippen molar-refractivity contribution in [1.29, 1.82) is 0 Å². The van der Waals surface area contributed by atoms with Gasteiger partial charge < -0.3 is 5.11 Å². The van der Waals surface area contributed by atoms with E-state index in [1.54, 1.807) is 11.3 Å². The molecule has 0 atom stereocenters. The van der Waals surface area contributed by atoms with Gasteiger partial charge in [0.15, 0.2) is 0 Å². The quantitative estimate of drug-likeness (QED) is 0.871. The highest BCUT2D eigenvalue weighted by Crippen LogP contribution is 2.34. The van der Waals surface area contributed by atoms with Crippen LogP contribution >= 0.6 is 11.3 Å². The molecule has 0 spiro atoms. The second-order valence-corrected chi connectivity index (χ2v) is 6.28. The predicted octanol–water partition coefficient (Wildman–Crippen LogP) is 3.10. The lowest BCUT2D eigenvalue weighted by Crippen LogP contribution is -2.21. The molecular formula is C14H22N2O2S. The van der Waals surface area contributed by atoms with Gasteiger partial charge in [0.2, 0.25) is 0 Å². The zero-order valence-corrected chi connectivity index (χ0v) is 12.3. The number of aliphatic carboxylic acids is 1. The third kappa shape index (κ3) is 4.58. The fourth-order valence-corrected chi connectivity index (χ4v) is 3.56. The van der Waals surface area contributed by atoms with E-state index >= 15 is 0 Å². The second-order valence-electron chi connectivity index (χ2n) is 5.39. The second kappa shape index (κ2) is 7.01. The molecule has 2 rings (SSSR count). The molecule has 1 heterocycles. The molecule has 0 unspecified atom stereocenters. The van der Waals surface area contributed by atoms with Gasteiger partial charge in [0.25, 0.3) is 0 Å². The van der Waals surface area contributed by atoms with Gasteiger partial charge in [-0.3, -0.25) is 9.69 Å². The topological polar surface area (TPSA) is 53.4 Å². The highest BCUT2D eigenvalue weighted by atomic mass is 32.1. The van der Waals surface area contributed by atoms with Crippen molar-refractivity contribution in [3.63, 3.8) is 0 Å². The SMILES string of the molecule is CN(CCC(=O)O)Cc1csc(C2CCCCC2)n1. The molecule has 106 valence electrons. The van der Waals surface area contributed by atoms with Crippen LogP contribution in [0.15, 0.2) is 5.38 Å². The van der Waals surface area contributed by atoms with Crippen LogP contribution in [0.3, 0.4) is 0 Å². The molecule has 0 amide bonds.